The van der Waals surface area contributed by atoms with Crippen molar-refractivity contribution >= 4 is 12.2 Å². The quantitative estimate of drug-likeness (QED) is 0.223. The fraction of sp³-hybridized carbons (Fsp3) is 0.333. The second kappa shape index (κ2) is 6.22. The van der Waals surface area contributed by atoms with Crippen molar-refractivity contribution in [3.05, 3.63) is 34.5 Å². The maximum Gasteiger partial charge on any atom is 1.00 e. The largest absolute Gasteiger partial charge is 1.00 e. The number of carboxylic acid groups (broad SMARTS) is 1. The molecule has 1 aromatic carbocycles. The first-order chi connectivity index (χ1) is 7.71. The number of hydrogen-bond donors (Lipinski definition) is 1. The van der Waals surface area contributed by atoms with Crippen LogP contribution < -0.4 is 34.7 Å². The van der Waals surface area contributed by atoms with E-state index in [0.29, 0.717) is 5.56 Å². The van der Waals surface area contributed by atoms with Gasteiger partial charge in [-0.25, -0.2) is 9.53 Å². The zero-order valence-corrected chi connectivity index (χ0v) is 12.9. The van der Waals surface area contributed by atoms with E-state index in [1.165, 1.54) is 18.3 Å². The van der Waals surface area contributed by atoms with Crippen LogP contribution in [0.5, 0.6) is 5.75 Å². The van der Waals surface area contributed by atoms with Crippen molar-refractivity contribution in [1.82, 2.24) is 0 Å². The summed E-state index contributed by atoms with van der Waals surface area (Å²) in [6.07, 6.45) is 1.27. The monoisotopic (exact) mass is 259 g/mol. The molecular formula is C12H14NNaO4. The summed E-state index contributed by atoms with van der Waals surface area (Å²) in [5.74, 6) is -1.87. The Morgan fingerprint density at radius 2 is 1.94 bits per heavy atom. The Morgan fingerprint density at radius 3 is 2.33 bits per heavy atom. The molecule has 0 fully saturated rings. The predicted octanol–water partition coefficient (Wildman–Crippen LogP) is -1.81. The fourth-order valence-corrected chi connectivity index (χ4v) is 1.12. The molecule has 0 radical (unpaired) electrons. The van der Waals surface area contributed by atoms with Crippen molar-refractivity contribution < 1.29 is 49.3 Å². The number of rotatable bonds is 2. The third-order valence-corrected chi connectivity index (χ3v) is 2.16. The smallest absolute Gasteiger partial charge is 0.872 e. The Bertz CT molecular complexity index is 477. The van der Waals surface area contributed by atoms with Crippen LogP contribution in [-0.2, 0) is 0 Å². The summed E-state index contributed by atoms with van der Waals surface area (Å²) in [5, 5.41) is 31.7. The molecule has 0 unspecified atom stereocenters. The Morgan fingerprint density at radius 1 is 1.39 bits per heavy atom. The third kappa shape index (κ3) is 4.33. The molecule has 0 heterocycles. The minimum atomic E-state index is -1.27. The van der Waals surface area contributed by atoms with Crippen molar-refractivity contribution in [2.24, 2.45) is 0 Å². The first kappa shape index (κ1) is 17.0. The van der Waals surface area contributed by atoms with Crippen LogP contribution in [0.4, 0.5) is 0 Å². The number of hydroxylamine groups is 1. The zero-order chi connectivity index (χ0) is 13.2. The van der Waals surface area contributed by atoms with E-state index in [4.69, 9.17) is 5.11 Å². The van der Waals surface area contributed by atoms with Crippen molar-refractivity contribution in [1.29, 1.82) is 0 Å². The summed E-state index contributed by atoms with van der Waals surface area (Å²) in [6, 6.07) is 3.77. The van der Waals surface area contributed by atoms with Gasteiger partial charge in [0.25, 0.3) is 0 Å². The average molecular weight is 259 g/mol. The number of aromatic carboxylic acids is 1. The van der Waals surface area contributed by atoms with Gasteiger partial charge in [-0.2, -0.15) is 0 Å². The van der Waals surface area contributed by atoms with Gasteiger partial charge in [0.2, 0.25) is 0 Å². The molecule has 0 spiro atoms. The van der Waals surface area contributed by atoms with E-state index >= 15 is 0 Å². The molecule has 5 nitrogen and oxygen atoms in total. The first-order valence-electron chi connectivity index (χ1n) is 5.07. The molecular weight excluding hydrogens is 245 g/mol. The summed E-state index contributed by atoms with van der Waals surface area (Å²) >= 11 is 0. The van der Waals surface area contributed by atoms with Crippen molar-refractivity contribution in [3.63, 3.8) is 0 Å². The molecule has 0 atom stereocenters. The minimum Gasteiger partial charge on any atom is -0.872 e. The number of carboxylic acids is 1. The van der Waals surface area contributed by atoms with Gasteiger partial charge in [0, 0.05) is 26.3 Å². The predicted molar refractivity (Wildman–Crippen MR) is 61.4 cm³/mol. The van der Waals surface area contributed by atoms with E-state index in [2.05, 4.69) is 0 Å². The number of nitrogens with zero attached hydrogens (tertiary/aromatic N) is 1. The second-order valence-corrected chi connectivity index (χ2v) is 4.69. The molecule has 1 N–H and O–H groups in total. The van der Waals surface area contributed by atoms with Crippen LogP contribution in [0.3, 0.4) is 0 Å². The second-order valence-electron chi connectivity index (χ2n) is 4.69. The molecule has 0 amide bonds. The molecule has 0 bridgehead atoms. The molecule has 6 heteroatoms. The minimum absolute atomic E-state index is 0. The Labute approximate surface area is 128 Å². The molecule has 0 aliphatic carbocycles. The van der Waals surface area contributed by atoms with E-state index in [1.54, 1.807) is 20.8 Å². The summed E-state index contributed by atoms with van der Waals surface area (Å²) in [4.78, 5) is 10.6. The van der Waals surface area contributed by atoms with Crippen molar-refractivity contribution in [3.8, 4) is 5.75 Å². The molecule has 92 valence electrons. The standard InChI is InChI=1S/C12H15NO4.Na/c1-12(2,3)13(17)7-8-4-5-9(11(15)16)10(14)6-8;/h4-7,14H,1-3H3,(H,15,16);/q;+1/p-1. The maximum absolute atomic E-state index is 11.6. The van der Waals surface area contributed by atoms with Gasteiger partial charge in [-0.15, -0.1) is 0 Å². The zero-order valence-electron chi connectivity index (χ0n) is 10.9. The topological polar surface area (TPSA) is 86.4 Å². The van der Waals surface area contributed by atoms with Gasteiger partial charge >= 0.3 is 35.5 Å². The molecule has 0 saturated carbocycles. The van der Waals surface area contributed by atoms with E-state index < -0.39 is 17.3 Å². The Balaban J connectivity index is 0.00000289. The molecule has 0 aromatic heterocycles. The van der Waals surface area contributed by atoms with Gasteiger partial charge < -0.3 is 15.4 Å². The normalized spacial score (nSPS) is 11.8. The summed E-state index contributed by atoms with van der Waals surface area (Å²) in [5.41, 5.74) is -0.505. The molecule has 0 saturated heterocycles. The van der Waals surface area contributed by atoms with Gasteiger partial charge in [-0.3, -0.25) is 0 Å². The number of carbonyl (C=O) groups is 1. The Hall–Kier alpha value is -1.04. The van der Waals surface area contributed by atoms with Crippen LogP contribution >= 0.6 is 0 Å². The summed E-state index contributed by atoms with van der Waals surface area (Å²) < 4.78 is 0.724. The van der Waals surface area contributed by atoms with Gasteiger partial charge in [0.15, 0.2) is 11.8 Å². The van der Waals surface area contributed by atoms with Gasteiger partial charge in [-0.1, -0.05) is 11.8 Å². The average Bonchev–Trinajstić information content (AvgIpc) is 2.15. The van der Waals surface area contributed by atoms with E-state index in [1.807, 2.05) is 0 Å². The van der Waals surface area contributed by atoms with Crippen LogP contribution in [0.2, 0.25) is 0 Å². The number of benzene rings is 1. The van der Waals surface area contributed by atoms with E-state index in [9.17, 15) is 15.1 Å². The van der Waals surface area contributed by atoms with Gasteiger partial charge in [0.05, 0.1) is 5.56 Å². The van der Waals surface area contributed by atoms with Crippen molar-refractivity contribution in [2.45, 2.75) is 26.3 Å². The SMILES string of the molecule is CC(C)(C)[N+]([O-])=Cc1ccc(C(=O)O)c([O-])c1.[Na+]. The van der Waals surface area contributed by atoms with Crippen LogP contribution in [0.1, 0.15) is 36.7 Å². The van der Waals surface area contributed by atoms with Crippen LogP contribution in [0, 0.1) is 5.21 Å². The van der Waals surface area contributed by atoms with Gasteiger partial charge in [-0.05, 0) is 12.1 Å². The van der Waals surface area contributed by atoms with Crippen LogP contribution in [0.25, 0.3) is 0 Å². The Kier molecular flexibility index (Phi) is 5.86. The molecule has 1 rings (SSSR count). The molecule has 1 aromatic rings. The van der Waals surface area contributed by atoms with Crippen molar-refractivity contribution in [2.75, 3.05) is 0 Å². The van der Waals surface area contributed by atoms with Crippen LogP contribution in [0.15, 0.2) is 18.2 Å². The van der Waals surface area contributed by atoms with Gasteiger partial charge in [0.1, 0.15) is 0 Å². The maximum atomic E-state index is 11.6. The van der Waals surface area contributed by atoms with E-state index in [0.717, 1.165) is 10.8 Å². The van der Waals surface area contributed by atoms with E-state index in [-0.39, 0.29) is 35.1 Å². The number of hydrogen-bond acceptors (Lipinski definition) is 3. The summed E-state index contributed by atoms with van der Waals surface area (Å²) in [6.45, 7) is 5.21. The molecule has 0 aliphatic heterocycles. The molecule has 0 aliphatic rings. The summed E-state index contributed by atoms with van der Waals surface area (Å²) in [7, 11) is 0. The van der Waals surface area contributed by atoms with Crippen LogP contribution in [-0.4, -0.2) is 27.6 Å². The molecule has 18 heavy (non-hydrogen) atoms. The third-order valence-electron chi connectivity index (χ3n) is 2.16. The fourth-order valence-electron chi connectivity index (χ4n) is 1.12. The first-order valence-corrected chi connectivity index (χ1v) is 5.07.